The lowest BCUT2D eigenvalue weighted by atomic mass is 10.3. The Morgan fingerprint density at radius 3 is 2.46 bits per heavy atom. The number of halogens is 1. The maximum Gasteiger partial charge on any atom is 0.159 e. The summed E-state index contributed by atoms with van der Waals surface area (Å²) in [6.07, 6.45) is 0. The first-order valence-electron chi connectivity index (χ1n) is 4.47. The van der Waals surface area contributed by atoms with Crippen LogP contribution in [0.4, 0.5) is 0 Å². The molecule has 0 atom stereocenters. The first kappa shape index (κ1) is 11.1. The summed E-state index contributed by atoms with van der Waals surface area (Å²) >= 11 is 1.91. The highest BCUT2D eigenvalue weighted by Crippen LogP contribution is 2.16. The van der Waals surface area contributed by atoms with Crippen molar-refractivity contribution in [3.05, 3.63) is 0 Å². The van der Waals surface area contributed by atoms with E-state index in [0.717, 1.165) is 19.6 Å². The molecule has 76 valence electrons. The summed E-state index contributed by atoms with van der Waals surface area (Å²) in [6, 6.07) is 0. The van der Waals surface area contributed by atoms with Gasteiger partial charge in [0.1, 0.15) is 0 Å². The monoisotopic (exact) mass is 221 g/mol. The van der Waals surface area contributed by atoms with Crippen LogP contribution in [0.1, 0.15) is 0 Å². The molecule has 1 fully saturated rings. The van der Waals surface area contributed by atoms with E-state index >= 15 is 0 Å². The number of piperazine rings is 1. The van der Waals surface area contributed by atoms with Crippen LogP contribution in [0.3, 0.4) is 0 Å². The molecule has 0 aliphatic carbocycles. The Morgan fingerprint density at radius 1 is 1.23 bits per heavy atom. The zero-order valence-electron chi connectivity index (χ0n) is 7.90. The molecule has 0 spiro atoms. The minimum atomic E-state index is 0. The number of hydrogen-bond acceptors (Lipinski definition) is 4. The van der Waals surface area contributed by atoms with Crippen LogP contribution in [0.15, 0.2) is 4.99 Å². The zero-order chi connectivity index (χ0) is 8.39. The van der Waals surface area contributed by atoms with Crippen molar-refractivity contribution in [2.75, 3.05) is 45.5 Å². The third-order valence-corrected chi connectivity index (χ3v) is 3.38. The average molecular weight is 222 g/mol. The van der Waals surface area contributed by atoms with Gasteiger partial charge < -0.3 is 9.80 Å². The topological polar surface area (TPSA) is 18.8 Å². The highest BCUT2D eigenvalue weighted by molar-refractivity contribution is 8.14. The molecule has 2 heterocycles. The van der Waals surface area contributed by atoms with Crippen LogP contribution in [-0.2, 0) is 0 Å². The highest BCUT2D eigenvalue weighted by atomic mass is 35.5. The fourth-order valence-electron chi connectivity index (χ4n) is 1.51. The van der Waals surface area contributed by atoms with Crippen LogP contribution in [0.2, 0.25) is 0 Å². The Hall–Kier alpha value is 0.0700. The molecule has 2 aliphatic heterocycles. The number of nitrogens with zero attached hydrogens (tertiary/aromatic N) is 3. The molecule has 0 amide bonds. The van der Waals surface area contributed by atoms with Gasteiger partial charge >= 0.3 is 0 Å². The summed E-state index contributed by atoms with van der Waals surface area (Å²) in [5.74, 6) is 1.18. The summed E-state index contributed by atoms with van der Waals surface area (Å²) in [6.45, 7) is 5.69. The summed E-state index contributed by atoms with van der Waals surface area (Å²) in [5, 5.41) is 1.28. The van der Waals surface area contributed by atoms with E-state index in [0.29, 0.717) is 0 Å². The second-order valence-corrected chi connectivity index (χ2v) is 4.37. The Morgan fingerprint density at radius 2 is 1.92 bits per heavy atom. The predicted molar refractivity (Wildman–Crippen MR) is 61.1 cm³/mol. The number of hydrogen-bond donors (Lipinski definition) is 0. The van der Waals surface area contributed by atoms with Gasteiger partial charge in [0.25, 0.3) is 0 Å². The Kier molecular flexibility index (Phi) is 4.35. The Labute approximate surface area is 90.0 Å². The molecule has 0 bridgehead atoms. The molecule has 0 N–H and O–H groups in total. The molecule has 5 heteroatoms. The molecule has 0 radical (unpaired) electrons. The summed E-state index contributed by atoms with van der Waals surface area (Å²) < 4.78 is 0. The fourth-order valence-corrected chi connectivity index (χ4v) is 2.43. The number of likely N-dealkylation sites (N-methyl/N-ethyl adjacent to an activating group) is 1. The maximum atomic E-state index is 4.47. The first-order valence-corrected chi connectivity index (χ1v) is 5.45. The van der Waals surface area contributed by atoms with Crippen molar-refractivity contribution in [3.63, 3.8) is 0 Å². The van der Waals surface area contributed by atoms with Crippen molar-refractivity contribution < 1.29 is 0 Å². The van der Waals surface area contributed by atoms with Crippen LogP contribution in [0.25, 0.3) is 0 Å². The van der Waals surface area contributed by atoms with Gasteiger partial charge in [-0.25, -0.2) is 0 Å². The molecule has 0 saturated carbocycles. The summed E-state index contributed by atoms with van der Waals surface area (Å²) in [4.78, 5) is 9.26. The van der Waals surface area contributed by atoms with Crippen LogP contribution in [0.5, 0.6) is 0 Å². The SMILES string of the molecule is CN1CCN(C2=NCCS2)CC1.Cl. The molecule has 2 aliphatic rings. The van der Waals surface area contributed by atoms with Gasteiger partial charge in [0.2, 0.25) is 0 Å². The first-order chi connectivity index (χ1) is 5.86. The van der Waals surface area contributed by atoms with Gasteiger partial charge in [-0.2, -0.15) is 0 Å². The van der Waals surface area contributed by atoms with Gasteiger partial charge in [0.15, 0.2) is 5.17 Å². The lowest BCUT2D eigenvalue weighted by Crippen LogP contribution is -2.46. The standard InChI is InChI=1S/C8H15N3S.ClH/c1-10-3-5-11(6-4-10)8-9-2-7-12-8;/h2-7H2,1H3;1H. The fraction of sp³-hybridized carbons (Fsp3) is 0.875. The van der Waals surface area contributed by atoms with Crippen molar-refractivity contribution in [1.29, 1.82) is 0 Å². The van der Waals surface area contributed by atoms with Crippen LogP contribution in [-0.4, -0.2) is 60.5 Å². The van der Waals surface area contributed by atoms with E-state index in [1.165, 1.54) is 24.0 Å². The minimum Gasteiger partial charge on any atom is -0.349 e. The minimum absolute atomic E-state index is 0. The van der Waals surface area contributed by atoms with Gasteiger partial charge in [-0.3, -0.25) is 4.99 Å². The number of amidine groups is 1. The molecular weight excluding hydrogens is 206 g/mol. The number of thioether (sulfide) groups is 1. The molecule has 2 rings (SSSR count). The lowest BCUT2D eigenvalue weighted by molar-refractivity contribution is 0.218. The summed E-state index contributed by atoms with van der Waals surface area (Å²) in [7, 11) is 2.18. The number of aliphatic imine (C=N–C) groups is 1. The van der Waals surface area contributed by atoms with Crippen molar-refractivity contribution in [3.8, 4) is 0 Å². The maximum absolute atomic E-state index is 4.47. The quantitative estimate of drug-likeness (QED) is 0.602. The molecule has 0 aromatic rings. The second-order valence-electron chi connectivity index (χ2n) is 3.30. The third kappa shape index (κ3) is 2.76. The Bertz CT molecular complexity index is 190. The molecule has 13 heavy (non-hydrogen) atoms. The second kappa shape index (κ2) is 5.08. The third-order valence-electron chi connectivity index (χ3n) is 2.34. The molecule has 0 aromatic carbocycles. The molecular formula is C8H16ClN3S. The largest absolute Gasteiger partial charge is 0.349 e. The van der Waals surface area contributed by atoms with Crippen molar-refractivity contribution in [2.24, 2.45) is 4.99 Å². The van der Waals surface area contributed by atoms with Crippen LogP contribution in [0, 0.1) is 0 Å². The smallest absolute Gasteiger partial charge is 0.159 e. The lowest BCUT2D eigenvalue weighted by Gasteiger charge is -2.33. The van der Waals surface area contributed by atoms with Gasteiger partial charge in [-0.05, 0) is 7.05 Å². The van der Waals surface area contributed by atoms with Gasteiger partial charge in [0, 0.05) is 31.9 Å². The van der Waals surface area contributed by atoms with E-state index in [9.17, 15) is 0 Å². The van der Waals surface area contributed by atoms with Gasteiger partial charge in [-0.15, -0.1) is 12.4 Å². The van der Waals surface area contributed by atoms with E-state index in [4.69, 9.17) is 0 Å². The summed E-state index contributed by atoms with van der Waals surface area (Å²) in [5.41, 5.74) is 0. The van der Waals surface area contributed by atoms with Crippen molar-refractivity contribution >= 4 is 29.3 Å². The van der Waals surface area contributed by atoms with E-state index in [2.05, 4.69) is 21.8 Å². The Balaban J connectivity index is 0.000000845. The molecule has 3 nitrogen and oxygen atoms in total. The normalized spacial score (nSPS) is 24.1. The zero-order valence-corrected chi connectivity index (χ0v) is 9.53. The molecule has 0 aromatic heterocycles. The van der Waals surface area contributed by atoms with Crippen LogP contribution < -0.4 is 0 Å². The van der Waals surface area contributed by atoms with E-state index < -0.39 is 0 Å². The molecule has 1 saturated heterocycles. The van der Waals surface area contributed by atoms with Crippen molar-refractivity contribution in [2.45, 2.75) is 0 Å². The van der Waals surface area contributed by atoms with Gasteiger partial charge in [-0.1, -0.05) is 11.8 Å². The highest BCUT2D eigenvalue weighted by Gasteiger charge is 2.19. The van der Waals surface area contributed by atoms with E-state index in [1.54, 1.807) is 0 Å². The van der Waals surface area contributed by atoms with Gasteiger partial charge in [0.05, 0.1) is 6.54 Å². The van der Waals surface area contributed by atoms with Crippen molar-refractivity contribution in [1.82, 2.24) is 9.80 Å². The van der Waals surface area contributed by atoms with E-state index in [1.807, 2.05) is 11.8 Å². The average Bonchev–Trinajstić information content (AvgIpc) is 2.58. The van der Waals surface area contributed by atoms with E-state index in [-0.39, 0.29) is 12.4 Å². The molecule has 0 unspecified atom stereocenters. The predicted octanol–water partition coefficient (Wildman–Crippen LogP) is 0.758. The number of rotatable bonds is 0. The van der Waals surface area contributed by atoms with Crippen LogP contribution >= 0.6 is 24.2 Å².